The molecule has 1 amide bonds. The van der Waals surface area contributed by atoms with Gasteiger partial charge in [-0.2, -0.15) is 0 Å². The Kier molecular flexibility index (Phi) is 6.65. The van der Waals surface area contributed by atoms with Gasteiger partial charge in [0, 0.05) is 24.7 Å². The van der Waals surface area contributed by atoms with E-state index in [9.17, 15) is 14.7 Å². The van der Waals surface area contributed by atoms with E-state index in [1.54, 1.807) is 6.08 Å². The van der Waals surface area contributed by atoms with E-state index in [2.05, 4.69) is 24.4 Å². The second-order valence-electron chi connectivity index (χ2n) is 7.89. The Morgan fingerprint density at radius 1 is 1.30 bits per heavy atom. The average molecular weight is 396 g/mol. The number of amides is 1. The van der Waals surface area contributed by atoms with Crippen molar-refractivity contribution in [3.63, 3.8) is 0 Å². The van der Waals surface area contributed by atoms with Crippen molar-refractivity contribution >= 4 is 23.0 Å². The number of thioether (sulfide) groups is 1. The predicted molar refractivity (Wildman–Crippen MR) is 104 cm³/mol. The summed E-state index contributed by atoms with van der Waals surface area (Å²) in [5.74, 6) is -1.03. The summed E-state index contributed by atoms with van der Waals surface area (Å²) in [7, 11) is 0. The highest BCUT2D eigenvalue weighted by Gasteiger charge is 2.49. The van der Waals surface area contributed by atoms with Crippen LogP contribution in [-0.2, 0) is 14.3 Å². The molecular weight excluding hydrogens is 366 g/mol. The highest BCUT2D eigenvalue weighted by Crippen LogP contribution is 2.37. The number of esters is 1. The molecule has 2 N–H and O–H groups in total. The van der Waals surface area contributed by atoms with Gasteiger partial charge in [-0.05, 0) is 38.5 Å². The van der Waals surface area contributed by atoms with Gasteiger partial charge in [-0.25, -0.2) is 4.79 Å². The average Bonchev–Trinajstić information content (AvgIpc) is 3.03. The zero-order valence-electron chi connectivity index (χ0n) is 16.0. The molecule has 0 radical (unpaired) electrons. The van der Waals surface area contributed by atoms with E-state index in [1.165, 1.54) is 0 Å². The van der Waals surface area contributed by atoms with Gasteiger partial charge in [-0.3, -0.25) is 4.79 Å². The monoisotopic (exact) mass is 395 g/mol. The minimum atomic E-state index is -1.51. The van der Waals surface area contributed by atoms with E-state index in [1.807, 2.05) is 6.92 Å². The Balaban J connectivity index is 1.78. The van der Waals surface area contributed by atoms with Crippen molar-refractivity contribution in [2.45, 2.75) is 76.4 Å². The molecule has 0 aliphatic carbocycles. The molecule has 0 spiro atoms. The van der Waals surface area contributed by atoms with Crippen LogP contribution in [-0.4, -0.2) is 46.1 Å². The number of ether oxygens (including phenoxy) is 2. The molecule has 5 atom stereocenters. The van der Waals surface area contributed by atoms with Gasteiger partial charge in [0.1, 0.15) is 6.10 Å². The Labute approximate surface area is 164 Å². The molecule has 1 unspecified atom stereocenters. The number of hydrogen-bond acceptors (Lipinski definition) is 6. The van der Waals surface area contributed by atoms with Gasteiger partial charge < -0.3 is 19.9 Å². The topological polar surface area (TPSA) is 84.9 Å². The van der Waals surface area contributed by atoms with Gasteiger partial charge >= 0.3 is 5.97 Å². The first kappa shape index (κ1) is 20.4. The summed E-state index contributed by atoms with van der Waals surface area (Å²) < 4.78 is 11.7. The second kappa shape index (κ2) is 8.80. The largest absolute Gasteiger partial charge is 0.459 e. The Morgan fingerprint density at radius 3 is 2.85 bits per heavy atom. The maximum Gasteiger partial charge on any atom is 0.330 e. The quantitative estimate of drug-likeness (QED) is 0.523. The third kappa shape index (κ3) is 5.59. The maximum atomic E-state index is 12.3. The van der Waals surface area contributed by atoms with Gasteiger partial charge in [-0.1, -0.05) is 36.4 Å². The van der Waals surface area contributed by atoms with Crippen LogP contribution in [0.4, 0.5) is 4.79 Å². The van der Waals surface area contributed by atoms with Crippen LogP contribution >= 0.6 is 11.8 Å². The Hall–Kier alpha value is -1.31. The van der Waals surface area contributed by atoms with E-state index in [0.717, 1.165) is 43.0 Å². The van der Waals surface area contributed by atoms with Crippen LogP contribution in [0.15, 0.2) is 23.8 Å². The molecule has 6 nitrogen and oxygen atoms in total. The molecule has 7 heteroatoms. The summed E-state index contributed by atoms with van der Waals surface area (Å²) in [6.45, 7) is 4.10. The highest BCUT2D eigenvalue weighted by atomic mass is 32.2. The molecule has 0 aromatic rings. The fourth-order valence-electron chi connectivity index (χ4n) is 3.86. The molecule has 27 heavy (non-hydrogen) atoms. The lowest BCUT2D eigenvalue weighted by Crippen LogP contribution is -2.58. The van der Waals surface area contributed by atoms with Crippen LogP contribution in [0.2, 0.25) is 0 Å². The number of nitrogens with one attached hydrogen (secondary N) is 1. The lowest BCUT2D eigenvalue weighted by atomic mass is 9.90. The fraction of sp³-hybridized carbons (Fsp3) is 0.700. The molecule has 3 aliphatic rings. The second-order valence-corrected chi connectivity index (χ2v) is 8.88. The number of fused-ring (bicyclic) bond motifs is 2. The minimum absolute atomic E-state index is 0.160. The lowest BCUT2D eigenvalue weighted by molar-refractivity contribution is -0.283. The smallest absolute Gasteiger partial charge is 0.330 e. The third-order valence-electron chi connectivity index (χ3n) is 5.40. The first-order valence-electron chi connectivity index (χ1n) is 9.72. The van der Waals surface area contributed by atoms with Crippen LogP contribution < -0.4 is 5.32 Å². The summed E-state index contributed by atoms with van der Waals surface area (Å²) >= 11 is 1.14. The molecule has 3 aliphatic heterocycles. The number of carbonyl (C=O) groups excluding carboxylic acids is 2. The summed E-state index contributed by atoms with van der Waals surface area (Å²) in [6, 6.07) is -0.493. The molecule has 3 heterocycles. The van der Waals surface area contributed by atoms with Crippen molar-refractivity contribution in [3.8, 4) is 0 Å². The maximum absolute atomic E-state index is 12.3. The summed E-state index contributed by atoms with van der Waals surface area (Å²) in [6.07, 6.45) is 9.42. The zero-order valence-corrected chi connectivity index (χ0v) is 16.8. The molecular formula is C20H29NO5S. The molecule has 2 saturated heterocycles. The SMILES string of the molecule is C/C1=C/C(=O)O[C@@H]2CC(CC[C@H](C)/C=C\CC1)O[C@@](O)([C@@H]1CSC(=O)N1)C2. The highest BCUT2D eigenvalue weighted by molar-refractivity contribution is 8.14. The molecule has 0 aromatic heterocycles. The van der Waals surface area contributed by atoms with Gasteiger partial charge in [0.15, 0.2) is 5.79 Å². The number of carbonyl (C=O) groups is 2. The van der Waals surface area contributed by atoms with E-state index in [0.29, 0.717) is 18.1 Å². The summed E-state index contributed by atoms with van der Waals surface area (Å²) in [4.78, 5) is 23.9. The van der Waals surface area contributed by atoms with Crippen LogP contribution in [0.5, 0.6) is 0 Å². The van der Waals surface area contributed by atoms with Gasteiger partial charge in [0.2, 0.25) is 0 Å². The van der Waals surface area contributed by atoms with Crippen molar-refractivity contribution in [3.05, 3.63) is 23.8 Å². The van der Waals surface area contributed by atoms with Gasteiger partial charge in [-0.15, -0.1) is 0 Å². The summed E-state index contributed by atoms with van der Waals surface area (Å²) in [5, 5.41) is 13.7. The van der Waals surface area contributed by atoms with Crippen molar-refractivity contribution < 1.29 is 24.2 Å². The number of allylic oxidation sites excluding steroid dienone is 3. The normalized spacial score (nSPS) is 41.7. The Bertz CT molecular complexity index is 634. The zero-order chi connectivity index (χ0) is 19.4. The van der Waals surface area contributed by atoms with Crippen molar-refractivity contribution in [2.75, 3.05) is 5.75 Å². The molecule has 0 aromatic carbocycles. The number of rotatable bonds is 1. The first-order chi connectivity index (χ1) is 12.8. The number of aliphatic hydroxyl groups is 1. The van der Waals surface area contributed by atoms with Crippen LogP contribution in [0.25, 0.3) is 0 Å². The van der Waals surface area contributed by atoms with E-state index < -0.39 is 17.9 Å². The molecule has 2 fully saturated rings. The van der Waals surface area contributed by atoms with Gasteiger partial charge in [0.25, 0.3) is 5.24 Å². The minimum Gasteiger partial charge on any atom is -0.459 e. The standard InChI is InChI=1S/C20H29NO5S/c1-13-5-3-4-6-14(2)9-18(22)25-16-10-15(8-7-13)26-20(24,11-16)17-12-27-19(23)21-17/h3,5,9,13,15-17,24H,4,6-8,10-12H2,1-2H3,(H,21,23)/b5-3-,14-9-/t13-,15?,16-,17+,20-/m1/s1. The van der Waals surface area contributed by atoms with Crippen molar-refractivity contribution in [1.29, 1.82) is 0 Å². The van der Waals surface area contributed by atoms with Crippen LogP contribution in [0.1, 0.15) is 52.4 Å². The Morgan fingerprint density at radius 2 is 2.11 bits per heavy atom. The molecule has 0 saturated carbocycles. The lowest BCUT2D eigenvalue weighted by Gasteiger charge is -2.43. The first-order valence-corrected chi connectivity index (χ1v) is 10.7. The van der Waals surface area contributed by atoms with E-state index >= 15 is 0 Å². The number of hydrogen-bond donors (Lipinski definition) is 2. The fourth-order valence-corrected chi connectivity index (χ4v) is 4.75. The van der Waals surface area contributed by atoms with Crippen molar-refractivity contribution in [1.82, 2.24) is 5.32 Å². The van der Waals surface area contributed by atoms with Crippen LogP contribution in [0.3, 0.4) is 0 Å². The van der Waals surface area contributed by atoms with Crippen molar-refractivity contribution in [2.24, 2.45) is 5.92 Å². The molecule has 150 valence electrons. The molecule has 2 bridgehead atoms. The predicted octanol–water partition coefficient (Wildman–Crippen LogP) is 3.30. The van der Waals surface area contributed by atoms with Gasteiger partial charge in [0.05, 0.1) is 12.1 Å². The van der Waals surface area contributed by atoms with Crippen LogP contribution in [0, 0.1) is 5.92 Å². The summed E-state index contributed by atoms with van der Waals surface area (Å²) in [5.41, 5.74) is 0.979. The van der Waals surface area contributed by atoms with E-state index in [-0.39, 0.29) is 23.7 Å². The third-order valence-corrected chi connectivity index (χ3v) is 6.28. The molecule has 3 rings (SSSR count). The van der Waals surface area contributed by atoms with E-state index in [4.69, 9.17) is 9.47 Å².